The van der Waals surface area contributed by atoms with Crippen LogP contribution in [0.25, 0.3) is 0 Å². The summed E-state index contributed by atoms with van der Waals surface area (Å²) in [5.74, 6) is 1.59. The number of hydrogen-bond donors (Lipinski definition) is 2. The third-order valence-corrected chi connectivity index (χ3v) is 3.62. The second kappa shape index (κ2) is 4.91. The Bertz CT molecular complexity index is 629. The van der Waals surface area contributed by atoms with E-state index in [2.05, 4.69) is 19.7 Å². The third-order valence-electron chi connectivity index (χ3n) is 2.31. The van der Waals surface area contributed by atoms with Crippen LogP contribution in [0, 0.1) is 6.92 Å². The van der Waals surface area contributed by atoms with Gasteiger partial charge in [0, 0.05) is 6.42 Å². The Kier molecular flexibility index (Phi) is 3.48. The van der Waals surface area contributed by atoms with Gasteiger partial charge in [-0.2, -0.15) is 0 Å². The molecule has 2 aromatic heterocycles. The molecule has 0 aromatic carbocycles. The quantitative estimate of drug-likeness (QED) is 0.834. The minimum atomic E-state index is -3.61. The number of oxazole rings is 1. The maximum absolute atomic E-state index is 11.9. The van der Waals surface area contributed by atoms with E-state index in [1.807, 2.05) is 6.92 Å². The van der Waals surface area contributed by atoms with Gasteiger partial charge < -0.3 is 9.40 Å². The lowest BCUT2D eigenvalue weighted by atomic mass is 10.5. The van der Waals surface area contributed by atoms with Crippen molar-refractivity contribution in [2.75, 3.05) is 0 Å². The Morgan fingerprint density at radius 1 is 1.39 bits per heavy atom. The largest absolute Gasteiger partial charge is 0.445 e. The molecule has 0 saturated carbocycles. The Morgan fingerprint density at radius 2 is 2.17 bits per heavy atom. The molecule has 0 aliphatic carbocycles. The number of nitrogens with zero attached hydrogens (tertiary/aromatic N) is 2. The summed E-state index contributed by atoms with van der Waals surface area (Å²) < 4.78 is 31.3. The number of hydrogen-bond acceptors (Lipinski definition) is 5. The van der Waals surface area contributed by atoms with Crippen LogP contribution in [0.15, 0.2) is 21.8 Å². The molecule has 0 bridgehead atoms. The Morgan fingerprint density at radius 3 is 2.72 bits per heavy atom. The Balaban J connectivity index is 2.07. The molecule has 0 spiro atoms. The van der Waals surface area contributed by atoms with Crippen molar-refractivity contribution < 1.29 is 12.8 Å². The van der Waals surface area contributed by atoms with Crippen molar-refractivity contribution in [1.29, 1.82) is 0 Å². The van der Waals surface area contributed by atoms with E-state index in [1.54, 1.807) is 6.92 Å². The monoisotopic (exact) mass is 270 g/mol. The lowest BCUT2D eigenvalue weighted by Crippen LogP contribution is -2.23. The molecule has 7 nitrogen and oxygen atoms in total. The van der Waals surface area contributed by atoms with Crippen molar-refractivity contribution in [1.82, 2.24) is 19.7 Å². The van der Waals surface area contributed by atoms with E-state index in [0.29, 0.717) is 23.9 Å². The summed E-state index contributed by atoms with van der Waals surface area (Å²) >= 11 is 0. The second-order valence-electron chi connectivity index (χ2n) is 3.74. The van der Waals surface area contributed by atoms with Gasteiger partial charge >= 0.3 is 0 Å². The van der Waals surface area contributed by atoms with Gasteiger partial charge in [-0.15, -0.1) is 0 Å². The summed E-state index contributed by atoms with van der Waals surface area (Å²) in [7, 11) is -3.61. The molecule has 0 fully saturated rings. The van der Waals surface area contributed by atoms with Crippen molar-refractivity contribution in [2.24, 2.45) is 0 Å². The molecule has 0 saturated heterocycles. The molecule has 8 heteroatoms. The number of nitrogens with one attached hydrogen (secondary N) is 2. The topological polar surface area (TPSA) is 101 Å². The summed E-state index contributed by atoms with van der Waals surface area (Å²) in [4.78, 5) is 10.6. The maximum atomic E-state index is 11.9. The number of imidazole rings is 1. The van der Waals surface area contributed by atoms with Crippen LogP contribution in [-0.4, -0.2) is 23.4 Å². The van der Waals surface area contributed by atoms with Gasteiger partial charge in [0.05, 0.1) is 18.9 Å². The number of aromatic nitrogens is 3. The van der Waals surface area contributed by atoms with E-state index >= 15 is 0 Å². The SMILES string of the molecule is CCc1ncc(S(=O)(=O)NCc2ncc(C)o2)[nH]1. The summed E-state index contributed by atoms with van der Waals surface area (Å²) in [5, 5.41) is 0.0441. The van der Waals surface area contributed by atoms with Crippen LogP contribution in [0.3, 0.4) is 0 Å². The average Bonchev–Trinajstić information content (AvgIpc) is 2.95. The minimum absolute atomic E-state index is 0.0106. The predicted octanol–water partition coefficient (Wildman–Crippen LogP) is 0.747. The molecule has 98 valence electrons. The molecular formula is C10H14N4O3S. The molecule has 2 heterocycles. The highest BCUT2D eigenvalue weighted by Gasteiger charge is 2.17. The number of aryl methyl sites for hydroxylation is 2. The Labute approximate surface area is 105 Å². The minimum Gasteiger partial charge on any atom is -0.445 e. The van der Waals surface area contributed by atoms with Gasteiger partial charge in [0.2, 0.25) is 5.89 Å². The molecule has 0 radical (unpaired) electrons. The van der Waals surface area contributed by atoms with Crippen LogP contribution in [0.1, 0.15) is 24.4 Å². The van der Waals surface area contributed by atoms with Gasteiger partial charge in [0.1, 0.15) is 11.6 Å². The summed E-state index contributed by atoms with van der Waals surface area (Å²) in [6.07, 6.45) is 3.48. The van der Waals surface area contributed by atoms with E-state index in [9.17, 15) is 8.42 Å². The van der Waals surface area contributed by atoms with Gasteiger partial charge in [-0.05, 0) is 6.92 Å². The van der Waals surface area contributed by atoms with E-state index in [-0.39, 0.29) is 11.6 Å². The first-order valence-electron chi connectivity index (χ1n) is 5.46. The van der Waals surface area contributed by atoms with Crippen LogP contribution < -0.4 is 4.72 Å². The smallest absolute Gasteiger partial charge is 0.258 e. The third kappa shape index (κ3) is 2.77. The van der Waals surface area contributed by atoms with Crippen LogP contribution in [-0.2, 0) is 23.0 Å². The molecule has 0 aliphatic rings. The summed E-state index contributed by atoms with van der Waals surface area (Å²) in [5.41, 5.74) is 0. The molecule has 2 rings (SSSR count). The second-order valence-corrected chi connectivity index (χ2v) is 5.47. The molecule has 0 unspecified atom stereocenters. The van der Waals surface area contributed by atoms with Crippen LogP contribution in [0.4, 0.5) is 0 Å². The van der Waals surface area contributed by atoms with Crippen molar-refractivity contribution in [3.05, 3.63) is 29.9 Å². The highest BCUT2D eigenvalue weighted by atomic mass is 32.2. The van der Waals surface area contributed by atoms with Crippen LogP contribution >= 0.6 is 0 Å². The molecule has 2 N–H and O–H groups in total. The van der Waals surface area contributed by atoms with Gasteiger partial charge in [-0.1, -0.05) is 6.92 Å². The standard InChI is InChI=1S/C10H14N4O3S/c1-3-8-11-6-10(14-8)18(15,16)13-5-9-12-4-7(2)17-9/h4,6,13H,3,5H2,1-2H3,(H,11,14). The van der Waals surface area contributed by atoms with Gasteiger partial charge in [-0.3, -0.25) is 0 Å². The van der Waals surface area contributed by atoms with E-state index in [4.69, 9.17) is 4.42 Å². The zero-order valence-electron chi connectivity index (χ0n) is 10.1. The van der Waals surface area contributed by atoms with Crippen LogP contribution in [0.2, 0.25) is 0 Å². The predicted molar refractivity (Wildman–Crippen MR) is 63.2 cm³/mol. The molecule has 18 heavy (non-hydrogen) atoms. The zero-order chi connectivity index (χ0) is 13.2. The number of sulfonamides is 1. The summed E-state index contributed by atoms with van der Waals surface area (Å²) in [6, 6.07) is 0. The van der Waals surface area contributed by atoms with E-state index in [1.165, 1.54) is 12.4 Å². The van der Waals surface area contributed by atoms with Crippen molar-refractivity contribution >= 4 is 10.0 Å². The first-order chi connectivity index (χ1) is 8.51. The van der Waals surface area contributed by atoms with Crippen LogP contribution in [0.5, 0.6) is 0 Å². The zero-order valence-corrected chi connectivity index (χ0v) is 10.9. The van der Waals surface area contributed by atoms with Crippen molar-refractivity contribution in [3.8, 4) is 0 Å². The van der Waals surface area contributed by atoms with Crippen molar-refractivity contribution in [3.63, 3.8) is 0 Å². The lowest BCUT2D eigenvalue weighted by molar-refractivity contribution is 0.463. The van der Waals surface area contributed by atoms with Crippen molar-refractivity contribution in [2.45, 2.75) is 31.8 Å². The first kappa shape index (κ1) is 12.8. The normalized spacial score (nSPS) is 11.9. The molecule has 2 aromatic rings. The molecule has 0 amide bonds. The fraction of sp³-hybridized carbons (Fsp3) is 0.400. The Hall–Kier alpha value is -1.67. The molecular weight excluding hydrogens is 256 g/mol. The van der Waals surface area contributed by atoms with Gasteiger partial charge in [0.15, 0.2) is 5.03 Å². The maximum Gasteiger partial charge on any atom is 0.258 e. The van der Waals surface area contributed by atoms with Gasteiger partial charge in [-0.25, -0.2) is 23.1 Å². The highest BCUT2D eigenvalue weighted by molar-refractivity contribution is 7.89. The lowest BCUT2D eigenvalue weighted by Gasteiger charge is -2.01. The average molecular weight is 270 g/mol. The van der Waals surface area contributed by atoms with E-state index < -0.39 is 10.0 Å². The number of H-pyrrole nitrogens is 1. The fourth-order valence-electron chi connectivity index (χ4n) is 1.38. The molecule has 0 atom stereocenters. The van der Waals surface area contributed by atoms with Gasteiger partial charge in [0.25, 0.3) is 10.0 Å². The first-order valence-corrected chi connectivity index (χ1v) is 6.94. The molecule has 0 aliphatic heterocycles. The van der Waals surface area contributed by atoms with E-state index in [0.717, 1.165) is 0 Å². The fourth-order valence-corrected chi connectivity index (χ4v) is 2.29. The highest BCUT2D eigenvalue weighted by Crippen LogP contribution is 2.07. The number of aromatic amines is 1. The summed E-state index contributed by atoms with van der Waals surface area (Å²) in [6.45, 7) is 3.64. The number of rotatable bonds is 5.